The van der Waals surface area contributed by atoms with Gasteiger partial charge in [0, 0.05) is 6.54 Å². The van der Waals surface area contributed by atoms with Gasteiger partial charge < -0.3 is 14.6 Å². The van der Waals surface area contributed by atoms with Crippen LogP contribution in [-0.2, 0) is 20.5 Å². The third-order valence-electron chi connectivity index (χ3n) is 4.32. The van der Waals surface area contributed by atoms with Crippen LogP contribution in [0.4, 0.5) is 4.39 Å². The number of nitrogens with one attached hydrogen (secondary N) is 1. The third kappa shape index (κ3) is 3.33. The fourth-order valence-corrected chi connectivity index (χ4v) is 2.29. The number of halogens is 1. The van der Waals surface area contributed by atoms with Gasteiger partial charge in [-0.1, -0.05) is 12.1 Å². The van der Waals surface area contributed by atoms with Crippen LogP contribution in [0, 0.1) is 5.82 Å². The molecule has 2 rings (SSSR count). The molecule has 1 heterocycles. The lowest BCUT2D eigenvalue weighted by atomic mass is 9.78. The van der Waals surface area contributed by atoms with Crippen molar-refractivity contribution in [3.05, 3.63) is 29.6 Å². The Hall–Kier alpha value is -1.40. The van der Waals surface area contributed by atoms with E-state index in [1.54, 1.807) is 12.1 Å². The summed E-state index contributed by atoms with van der Waals surface area (Å²) >= 11 is 0. The van der Waals surface area contributed by atoms with E-state index in [-0.39, 0.29) is 12.3 Å². The first kappa shape index (κ1) is 17.0. The van der Waals surface area contributed by atoms with Gasteiger partial charge in [-0.15, -0.1) is 0 Å². The van der Waals surface area contributed by atoms with Gasteiger partial charge in [0.05, 0.1) is 17.6 Å². The summed E-state index contributed by atoms with van der Waals surface area (Å²) in [4.78, 5) is 11.7. The van der Waals surface area contributed by atoms with Crippen molar-refractivity contribution >= 4 is 18.5 Å². The highest BCUT2D eigenvalue weighted by Gasteiger charge is 2.51. The van der Waals surface area contributed by atoms with Crippen molar-refractivity contribution in [2.45, 2.75) is 52.2 Å². The second kappa shape index (κ2) is 6.01. The number of hydrogen-bond donors (Lipinski definition) is 1. The van der Waals surface area contributed by atoms with Crippen molar-refractivity contribution in [3.8, 4) is 0 Å². The molecule has 0 saturated carbocycles. The molecule has 1 fully saturated rings. The van der Waals surface area contributed by atoms with Crippen molar-refractivity contribution in [1.82, 2.24) is 5.32 Å². The average molecular weight is 307 g/mol. The normalized spacial score (nSPS) is 19.3. The Balaban J connectivity index is 2.22. The van der Waals surface area contributed by atoms with Crippen molar-refractivity contribution in [2.75, 3.05) is 6.54 Å². The first-order chi connectivity index (χ1) is 10.2. The average Bonchev–Trinajstić information content (AvgIpc) is 2.61. The van der Waals surface area contributed by atoms with Gasteiger partial charge in [0.25, 0.3) is 0 Å². The van der Waals surface area contributed by atoms with Crippen LogP contribution in [0.1, 0.15) is 40.2 Å². The highest BCUT2D eigenvalue weighted by Crippen LogP contribution is 2.36. The van der Waals surface area contributed by atoms with Gasteiger partial charge in [-0.05, 0) is 51.7 Å². The van der Waals surface area contributed by atoms with E-state index in [1.807, 2.05) is 34.6 Å². The molecule has 1 aliphatic rings. The Kier molecular flexibility index (Phi) is 4.63. The Morgan fingerprint density at radius 3 is 2.36 bits per heavy atom. The lowest BCUT2D eigenvalue weighted by Gasteiger charge is -2.32. The summed E-state index contributed by atoms with van der Waals surface area (Å²) in [5.41, 5.74) is 0.162. The minimum Gasteiger partial charge on any atom is -0.399 e. The zero-order valence-corrected chi connectivity index (χ0v) is 13.8. The Labute approximate surface area is 131 Å². The fraction of sp³-hybridized carbons (Fsp3) is 0.562. The van der Waals surface area contributed by atoms with E-state index in [1.165, 1.54) is 6.07 Å². The number of rotatable bonds is 4. The molecule has 0 aromatic heterocycles. The fourth-order valence-electron chi connectivity index (χ4n) is 2.29. The van der Waals surface area contributed by atoms with E-state index in [4.69, 9.17) is 9.31 Å². The van der Waals surface area contributed by atoms with E-state index in [9.17, 15) is 9.18 Å². The second-order valence-corrected chi connectivity index (χ2v) is 6.57. The molecule has 0 radical (unpaired) electrons. The van der Waals surface area contributed by atoms with Crippen LogP contribution in [-0.4, -0.2) is 30.8 Å². The highest BCUT2D eigenvalue weighted by molar-refractivity contribution is 6.62. The lowest BCUT2D eigenvalue weighted by Crippen LogP contribution is -2.41. The van der Waals surface area contributed by atoms with Crippen LogP contribution in [0.25, 0.3) is 0 Å². The maximum absolute atomic E-state index is 13.9. The maximum atomic E-state index is 13.9. The first-order valence-corrected chi connectivity index (χ1v) is 7.57. The molecule has 1 N–H and O–H groups in total. The number of hydrogen-bond acceptors (Lipinski definition) is 3. The number of carbonyl (C=O) groups is 1. The molecule has 0 unspecified atom stereocenters. The Morgan fingerprint density at radius 1 is 1.23 bits per heavy atom. The van der Waals surface area contributed by atoms with Crippen LogP contribution < -0.4 is 10.8 Å². The van der Waals surface area contributed by atoms with E-state index < -0.39 is 24.1 Å². The molecular weight excluding hydrogens is 284 g/mol. The minimum atomic E-state index is -0.557. The largest absolute Gasteiger partial charge is 0.494 e. The molecule has 0 bridgehead atoms. The van der Waals surface area contributed by atoms with Gasteiger partial charge >= 0.3 is 7.12 Å². The molecule has 1 aliphatic heterocycles. The summed E-state index contributed by atoms with van der Waals surface area (Å²) in [6.07, 6.45) is 0.00696. The zero-order valence-electron chi connectivity index (χ0n) is 13.8. The lowest BCUT2D eigenvalue weighted by molar-refractivity contribution is -0.120. The van der Waals surface area contributed by atoms with Crippen LogP contribution in [0.2, 0.25) is 0 Å². The maximum Gasteiger partial charge on any atom is 0.494 e. The summed E-state index contributed by atoms with van der Waals surface area (Å²) in [7, 11) is -0.557. The van der Waals surface area contributed by atoms with Crippen molar-refractivity contribution in [1.29, 1.82) is 0 Å². The number of amides is 1. The molecule has 4 nitrogen and oxygen atoms in total. The van der Waals surface area contributed by atoms with Gasteiger partial charge in [0.1, 0.15) is 5.82 Å². The molecule has 1 aromatic rings. The number of benzene rings is 1. The zero-order chi connectivity index (χ0) is 16.5. The van der Waals surface area contributed by atoms with Crippen LogP contribution in [0.5, 0.6) is 0 Å². The molecule has 0 atom stereocenters. The molecule has 0 aliphatic carbocycles. The van der Waals surface area contributed by atoms with Crippen LogP contribution in [0.15, 0.2) is 18.2 Å². The van der Waals surface area contributed by atoms with Gasteiger partial charge in [-0.3, -0.25) is 4.79 Å². The molecule has 6 heteroatoms. The smallest absolute Gasteiger partial charge is 0.399 e. The predicted octanol–water partition coefficient (Wildman–Crippen LogP) is 1.80. The molecule has 1 aromatic carbocycles. The molecule has 1 amide bonds. The van der Waals surface area contributed by atoms with Gasteiger partial charge in [0.15, 0.2) is 0 Å². The predicted molar refractivity (Wildman–Crippen MR) is 84.5 cm³/mol. The van der Waals surface area contributed by atoms with Crippen molar-refractivity contribution in [3.63, 3.8) is 0 Å². The summed E-state index contributed by atoms with van der Waals surface area (Å²) in [6, 6.07) is 4.64. The van der Waals surface area contributed by atoms with E-state index in [0.717, 1.165) is 5.46 Å². The van der Waals surface area contributed by atoms with Crippen molar-refractivity contribution < 1.29 is 18.5 Å². The van der Waals surface area contributed by atoms with E-state index in [0.29, 0.717) is 12.1 Å². The molecule has 1 saturated heterocycles. The second-order valence-electron chi connectivity index (χ2n) is 6.57. The Bertz CT molecular complexity index is 559. The van der Waals surface area contributed by atoms with Gasteiger partial charge in [0.2, 0.25) is 5.91 Å². The van der Waals surface area contributed by atoms with Gasteiger partial charge in [-0.2, -0.15) is 0 Å². The summed E-state index contributed by atoms with van der Waals surface area (Å²) in [6.45, 7) is 10.2. The molecule has 0 spiro atoms. The van der Waals surface area contributed by atoms with E-state index >= 15 is 0 Å². The highest BCUT2D eigenvalue weighted by atomic mass is 19.1. The minimum absolute atomic E-state index is 0.00696. The molecule has 22 heavy (non-hydrogen) atoms. The van der Waals surface area contributed by atoms with E-state index in [2.05, 4.69) is 5.32 Å². The standard InChI is InChI=1S/C16H23BFNO3/c1-6-19-14(20)10-11-9-12(7-8-13(11)18)17-21-15(2,3)16(4,5)22-17/h7-9H,6,10H2,1-5H3,(H,19,20). The first-order valence-electron chi connectivity index (χ1n) is 7.57. The van der Waals surface area contributed by atoms with Crippen LogP contribution >= 0.6 is 0 Å². The van der Waals surface area contributed by atoms with Crippen LogP contribution in [0.3, 0.4) is 0 Å². The Morgan fingerprint density at radius 2 is 1.82 bits per heavy atom. The topological polar surface area (TPSA) is 47.6 Å². The summed E-state index contributed by atoms with van der Waals surface area (Å²) < 4.78 is 25.8. The number of carbonyl (C=O) groups excluding carboxylic acids is 1. The quantitative estimate of drug-likeness (QED) is 0.863. The third-order valence-corrected chi connectivity index (χ3v) is 4.32. The molecular formula is C16H23BFNO3. The summed E-state index contributed by atoms with van der Waals surface area (Å²) in [5.74, 6) is -0.598. The molecule has 120 valence electrons. The number of likely N-dealkylation sites (N-methyl/N-ethyl adjacent to an activating group) is 1. The summed E-state index contributed by atoms with van der Waals surface area (Å²) in [5, 5.41) is 2.67. The SMILES string of the molecule is CCNC(=O)Cc1cc(B2OC(C)(C)C(C)(C)O2)ccc1F. The van der Waals surface area contributed by atoms with Gasteiger partial charge in [-0.25, -0.2) is 4.39 Å². The van der Waals surface area contributed by atoms with Crippen molar-refractivity contribution in [2.24, 2.45) is 0 Å². The monoisotopic (exact) mass is 307 g/mol.